The number of nitrogens with one attached hydrogen (secondary N) is 1. The third-order valence-corrected chi connectivity index (χ3v) is 4.18. The summed E-state index contributed by atoms with van der Waals surface area (Å²) in [6, 6.07) is 8.91. The fraction of sp³-hybridized carbons (Fsp3) is 0.588. The fourth-order valence-electron chi connectivity index (χ4n) is 2.88. The van der Waals surface area contributed by atoms with Gasteiger partial charge in [0.05, 0.1) is 6.54 Å². The summed E-state index contributed by atoms with van der Waals surface area (Å²) in [7, 11) is 0. The van der Waals surface area contributed by atoms with E-state index < -0.39 is 0 Å². The molecule has 0 bridgehead atoms. The highest BCUT2D eigenvalue weighted by molar-refractivity contribution is 5.78. The minimum absolute atomic E-state index is 0.144. The minimum atomic E-state index is 0.144. The zero-order chi connectivity index (χ0) is 14.4. The molecule has 1 aliphatic rings. The molecule has 1 saturated heterocycles. The van der Waals surface area contributed by atoms with Crippen molar-refractivity contribution in [2.24, 2.45) is 0 Å². The van der Waals surface area contributed by atoms with Crippen LogP contribution in [0.25, 0.3) is 0 Å². The number of likely N-dealkylation sites (tertiary alicyclic amines) is 1. The third-order valence-electron chi connectivity index (χ3n) is 4.18. The van der Waals surface area contributed by atoms with Crippen LogP contribution in [0.3, 0.4) is 0 Å². The summed E-state index contributed by atoms with van der Waals surface area (Å²) < 4.78 is 0. The van der Waals surface area contributed by atoms with Crippen molar-refractivity contribution in [3.63, 3.8) is 0 Å². The summed E-state index contributed by atoms with van der Waals surface area (Å²) in [4.78, 5) is 14.4. The van der Waals surface area contributed by atoms with Gasteiger partial charge in [-0.3, -0.25) is 9.69 Å². The summed E-state index contributed by atoms with van der Waals surface area (Å²) in [5.74, 6) is 0.144. The van der Waals surface area contributed by atoms with Crippen molar-refractivity contribution >= 4 is 5.91 Å². The molecule has 0 saturated carbocycles. The van der Waals surface area contributed by atoms with Crippen LogP contribution in [0.4, 0.5) is 0 Å². The first-order chi connectivity index (χ1) is 9.69. The first-order valence-corrected chi connectivity index (χ1v) is 7.75. The van der Waals surface area contributed by atoms with Crippen LogP contribution >= 0.6 is 0 Å². The Morgan fingerprint density at radius 2 is 2.05 bits per heavy atom. The Hall–Kier alpha value is -1.35. The molecule has 0 radical (unpaired) electrons. The second kappa shape index (κ2) is 7.44. The number of carbonyl (C=O) groups is 1. The molecule has 0 aromatic heterocycles. The quantitative estimate of drug-likeness (QED) is 0.895. The van der Waals surface area contributed by atoms with Crippen LogP contribution in [0.2, 0.25) is 0 Å². The van der Waals surface area contributed by atoms with Crippen molar-refractivity contribution in [3.05, 3.63) is 35.4 Å². The predicted molar refractivity (Wildman–Crippen MR) is 82.5 cm³/mol. The van der Waals surface area contributed by atoms with Gasteiger partial charge < -0.3 is 5.32 Å². The van der Waals surface area contributed by atoms with E-state index in [-0.39, 0.29) is 5.91 Å². The van der Waals surface area contributed by atoms with Crippen LogP contribution in [0.1, 0.15) is 43.7 Å². The number of benzene rings is 1. The summed E-state index contributed by atoms with van der Waals surface area (Å²) in [6.45, 7) is 6.53. The van der Waals surface area contributed by atoms with E-state index in [4.69, 9.17) is 0 Å². The van der Waals surface area contributed by atoms with E-state index in [1.54, 1.807) is 0 Å². The highest BCUT2D eigenvalue weighted by Crippen LogP contribution is 2.18. The molecule has 2 rings (SSSR count). The molecule has 0 spiro atoms. The molecule has 3 heteroatoms. The lowest BCUT2D eigenvalue weighted by Crippen LogP contribution is -2.45. The topological polar surface area (TPSA) is 32.3 Å². The highest BCUT2D eigenvalue weighted by atomic mass is 16.2. The van der Waals surface area contributed by atoms with Crippen LogP contribution in [0.15, 0.2) is 24.3 Å². The maximum absolute atomic E-state index is 12.1. The average Bonchev–Trinajstić information content (AvgIpc) is 2.47. The number of rotatable bonds is 5. The first kappa shape index (κ1) is 15.0. The minimum Gasteiger partial charge on any atom is -0.351 e. The Morgan fingerprint density at radius 1 is 1.30 bits per heavy atom. The normalized spacial score (nSPS) is 19.8. The summed E-state index contributed by atoms with van der Waals surface area (Å²) >= 11 is 0. The van der Waals surface area contributed by atoms with Gasteiger partial charge in [-0.05, 0) is 38.3 Å². The van der Waals surface area contributed by atoms with Crippen molar-refractivity contribution in [1.29, 1.82) is 0 Å². The smallest absolute Gasteiger partial charge is 0.234 e. The molecule has 20 heavy (non-hydrogen) atoms. The monoisotopic (exact) mass is 274 g/mol. The highest BCUT2D eigenvalue weighted by Gasteiger charge is 2.22. The molecule has 1 aromatic carbocycles. The van der Waals surface area contributed by atoms with Gasteiger partial charge in [0.1, 0.15) is 0 Å². The number of amides is 1. The second-order valence-electron chi connectivity index (χ2n) is 5.79. The van der Waals surface area contributed by atoms with E-state index in [9.17, 15) is 4.79 Å². The molecule has 110 valence electrons. The number of hydrogen-bond donors (Lipinski definition) is 1. The van der Waals surface area contributed by atoms with Gasteiger partial charge in [0.25, 0.3) is 0 Å². The number of nitrogens with zero attached hydrogens (tertiary/aromatic N) is 1. The Bertz CT molecular complexity index is 427. The molecular formula is C17H26N2O. The van der Waals surface area contributed by atoms with E-state index in [1.165, 1.54) is 24.8 Å². The van der Waals surface area contributed by atoms with Crippen molar-refractivity contribution in [3.8, 4) is 0 Å². The molecule has 1 aliphatic heterocycles. The maximum atomic E-state index is 12.1. The number of aryl methyl sites for hydroxylation is 1. The van der Waals surface area contributed by atoms with Gasteiger partial charge in [0.15, 0.2) is 0 Å². The Labute approximate surface area is 122 Å². The summed E-state index contributed by atoms with van der Waals surface area (Å²) in [5.41, 5.74) is 2.41. The van der Waals surface area contributed by atoms with Gasteiger partial charge in [-0.1, -0.05) is 43.2 Å². The lowest BCUT2D eigenvalue weighted by atomic mass is 10.00. The standard InChI is InChI=1S/C17H26N2O/c1-3-16-6-4-5-11-19(16)13-17(20)18-12-15-9-7-14(2)8-10-15/h7-10,16H,3-6,11-13H2,1-2H3,(H,18,20). The molecule has 1 amide bonds. The lowest BCUT2D eigenvalue weighted by molar-refractivity contribution is -0.123. The summed E-state index contributed by atoms with van der Waals surface area (Å²) in [5, 5.41) is 3.03. The van der Waals surface area contributed by atoms with Gasteiger partial charge in [0.2, 0.25) is 5.91 Å². The molecule has 1 aromatic rings. The lowest BCUT2D eigenvalue weighted by Gasteiger charge is -2.34. The van der Waals surface area contributed by atoms with Crippen LogP contribution in [-0.2, 0) is 11.3 Å². The zero-order valence-electron chi connectivity index (χ0n) is 12.7. The SMILES string of the molecule is CCC1CCCCN1CC(=O)NCc1ccc(C)cc1. The number of piperidine rings is 1. The zero-order valence-corrected chi connectivity index (χ0v) is 12.7. The van der Waals surface area contributed by atoms with Crippen LogP contribution in [0, 0.1) is 6.92 Å². The number of carbonyl (C=O) groups excluding carboxylic acids is 1. The molecule has 1 N–H and O–H groups in total. The Morgan fingerprint density at radius 3 is 2.75 bits per heavy atom. The molecular weight excluding hydrogens is 248 g/mol. The largest absolute Gasteiger partial charge is 0.351 e. The molecule has 1 heterocycles. The van der Waals surface area contributed by atoms with Gasteiger partial charge in [-0.25, -0.2) is 0 Å². The Kier molecular flexibility index (Phi) is 5.60. The van der Waals surface area contributed by atoms with E-state index >= 15 is 0 Å². The average molecular weight is 274 g/mol. The van der Waals surface area contributed by atoms with Gasteiger partial charge in [-0.2, -0.15) is 0 Å². The van der Waals surface area contributed by atoms with Gasteiger partial charge in [0, 0.05) is 12.6 Å². The molecule has 3 nitrogen and oxygen atoms in total. The van der Waals surface area contributed by atoms with Crippen LogP contribution in [0.5, 0.6) is 0 Å². The van der Waals surface area contributed by atoms with Crippen molar-refractivity contribution in [1.82, 2.24) is 10.2 Å². The second-order valence-corrected chi connectivity index (χ2v) is 5.79. The maximum Gasteiger partial charge on any atom is 0.234 e. The molecule has 0 aliphatic carbocycles. The van der Waals surface area contributed by atoms with Crippen molar-refractivity contribution in [2.75, 3.05) is 13.1 Å². The summed E-state index contributed by atoms with van der Waals surface area (Å²) in [6.07, 6.45) is 4.91. The predicted octanol–water partition coefficient (Wildman–Crippen LogP) is 2.88. The van der Waals surface area contributed by atoms with Gasteiger partial charge in [-0.15, -0.1) is 0 Å². The molecule has 1 unspecified atom stereocenters. The van der Waals surface area contributed by atoms with Crippen LogP contribution in [-0.4, -0.2) is 29.9 Å². The van der Waals surface area contributed by atoms with Crippen LogP contribution < -0.4 is 5.32 Å². The van der Waals surface area contributed by atoms with E-state index in [1.807, 2.05) is 0 Å². The molecule has 1 atom stereocenters. The van der Waals surface area contributed by atoms with E-state index in [0.29, 0.717) is 19.1 Å². The first-order valence-electron chi connectivity index (χ1n) is 7.75. The van der Waals surface area contributed by atoms with Crippen molar-refractivity contribution in [2.45, 2.75) is 52.1 Å². The third kappa shape index (κ3) is 4.34. The van der Waals surface area contributed by atoms with Gasteiger partial charge >= 0.3 is 0 Å². The number of hydrogen-bond acceptors (Lipinski definition) is 2. The Balaban J connectivity index is 1.78. The van der Waals surface area contributed by atoms with E-state index in [0.717, 1.165) is 18.5 Å². The molecule has 1 fully saturated rings. The fourth-order valence-corrected chi connectivity index (χ4v) is 2.88. The van der Waals surface area contributed by atoms with Crippen molar-refractivity contribution < 1.29 is 4.79 Å². The van der Waals surface area contributed by atoms with E-state index in [2.05, 4.69) is 48.3 Å².